The lowest BCUT2D eigenvalue weighted by Crippen LogP contribution is -2.37. The summed E-state index contributed by atoms with van der Waals surface area (Å²) < 4.78 is 5.53. The Morgan fingerprint density at radius 2 is 1.79 bits per heavy atom. The van der Waals surface area contributed by atoms with Gasteiger partial charge in [0.25, 0.3) is 0 Å². The predicted molar refractivity (Wildman–Crippen MR) is 96.1 cm³/mol. The molecule has 0 bridgehead atoms. The highest BCUT2D eigenvalue weighted by Gasteiger charge is 2.05. The topological polar surface area (TPSA) is 76.4 Å². The number of hydrogen-bond acceptors (Lipinski definition) is 3. The first-order valence-electron chi connectivity index (χ1n) is 7.68. The number of rotatable bonds is 6. The van der Waals surface area contributed by atoms with E-state index in [9.17, 15) is 4.79 Å². The van der Waals surface area contributed by atoms with Crippen LogP contribution in [0.3, 0.4) is 0 Å². The molecule has 0 unspecified atom stereocenters. The Bertz CT molecular complexity index is 696. The van der Waals surface area contributed by atoms with Crippen LogP contribution < -0.4 is 21.1 Å². The van der Waals surface area contributed by atoms with E-state index in [1.165, 1.54) is 0 Å². The van der Waals surface area contributed by atoms with E-state index in [2.05, 4.69) is 10.6 Å². The number of benzene rings is 2. The monoisotopic (exact) mass is 347 g/mol. The van der Waals surface area contributed by atoms with Gasteiger partial charge in [0.2, 0.25) is 0 Å². The summed E-state index contributed by atoms with van der Waals surface area (Å²) in [6, 6.07) is 11.2. The van der Waals surface area contributed by atoms with Crippen molar-refractivity contribution in [1.82, 2.24) is 10.6 Å². The van der Waals surface area contributed by atoms with E-state index >= 15 is 0 Å². The summed E-state index contributed by atoms with van der Waals surface area (Å²) >= 11 is 6.11. The predicted octanol–water partition coefficient (Wildman–Crippen LogP) is 3.25. The summed E-state index contributed by atoms with van der Waals surface area (Å²) in [6.45, 7) is 4.82. The van der Waals surface area contributed by atoms with Gasteiger partial charge in [0.15, 0.2) is 6.73 Å². The van der Waals surface area contributed by atoms with Crippen molar-refractivity contribution in [3.63, 3.8) is 0 Å². The zero-order valence-corrected chi connectivity index (χ0v) is 14.6. The third-order valence-electron chi connectivity index (χ3n) is 3.56. The number of carbonyl (C=O) groups excluding carboxylic acids is 1. The molecule has 128 valence electrons. The number of carbonyl (C=O) groups is 1. The molecule has 0 heterocycles. The van der Waals surface area contributed by atoms with Gasteiger partial charge in [-0.05, 0) is 48.2 Å². The lowest BCUT2D eigenvalue weighted by atomic mass is 10.1. The van der Waals surface area contributed by atoms with Crippen molar-refractivity contribution in [2.24, 2.45) is 5.73 Å². The highest BCUT2D eigenvalue weighted by atomic mass is 35.5. The SMILES string of the molecule is Cc1cc(OCNC(=O)NCc2cccc(CN)c2)cc(C)c1Cl. The van der Waals surface area contributed by atoms with E-state index in [1.807, 2.05) is 50.2 Å². The number of hydrogen-bond donors (Lipinski definition) is 3. The second-order valence-electron chi connectivity index (χ2n) is 5.54. The number of nitrogens with one attached hydrogen (secondary N) is 2. The minimum Gasteiger partial charge on any atom is -0.473 e. The molecule has 0 fully saturated rings. The van der Waals surface area contributed by atoms with E-state index in [-0.39, 0.29) is 12.8 Å². The molecule has 0 aromatic heterocycles. The summed E-state index contributed by atoms with van der Waals surface area (Å²) in [7, 11) is 0. The summed E-state index contributed by atoms with van der Waals surface area (Å²) in [4.78, 5) is 11.8. The van der Waals surface area contributed by atoms with Crippen LogP contribution in [-0.4, -0.2) is 12.8 Å². The lowest BCUT2D eigenvalue weighted by molar-refractivity contribution is 0.223. The van der Waals surface area contributed by atoms with Gasteiger partial charge in [0.05, 0.1) is 0 Å². The Balaban J connectivity index is 1.77. The number of ether oxygens (including phenoxy) is 1. The summed E-state index contributed by atoms with van der Waals surface area (Å²) in [5.74, 6) is 0.672. The van der Waals surface area contributed by atoms with E-state index in [4.69, 9.17) is 22.1 Å². The molecule has 0 atom stereocenters. The molecule has 6 heteroatoms. The van der Waals surface area contributed by atoms with Crippen LogP contribution in [0.2, 0.25) is 5.02 Å². The normalized spacial score (nSPS) is 10.3. The molecule has 2 amide bonds. The Morgan fingerprint density at radius 1 is 1.12 bits per heavy atom. The first kappa shape index (κ1) is 18.1. The third-order valence-corrected chi connectivity index (χ3v) is 4.16. The molecule has 0 aliphatic carbocycles. The average Bonchev–Trinajstić information content (AvgIpc) is 2.58. The smallest absolute Gasteiger partial charge is 0.317 e. The highest BCUT2D eigenvalue weighted by Crippen LogP contribution is 2.25. The molecule has 2 rings (SSSR count). The van der Waals surface area contributed by atoms with Gasteiger partial charge in [-0.1, -0.05) is 35.9 Å². The first-order chi connectivity index (χ1) is 11.5. The number of nitrogens with two attached hydrogens (primary N) is 1. The summed E-state index contributed by atoms with van der Waals surface area (Å²) in [6.07, 6.45) is 0. The quantitative estimate of drug-likeness (QED) is 0.702. The van der Waals surface area contributed by atoms with Crippen LogP contribution in [-0.2, 0) is 13.1 Å². The molecule has 0 aliphatic heterocycles. The number of amides is 2. The molecule has 0 saturated heterocycles. The maximum atomic E-state index is 11.8. The molecule has 5 nitrogen and oxygen atoms in total. The van der Waals surface area contributed by atoms with Crippen molar-refractivity contribution in [2.75, 3.05) is 6.73 Å². The van der Waals surface area contributed by atoms with Crippen LogP contribution in [0.4, 0.5) is 4.79 Å². The van der Waals surface area contributed by atoms with Gasteiger partial charge in [-0.15, -0.1) is 0 Å². The molecule has 4 N–H and O–H groups in total. The van der Waals surface area contributed by atoms with Gasteiger partial charge in [0, 0.05) is 18.1 Å². The van der Waals surface area contributed by atoms with Crippen LogP contribution in [0, 0.1) is 13.8 Å². The van der Waals surface area contributed by atoms with Gasteiger partial charge in [-0.2, -0.15) is 0 Å². The van der Waals surface area contributed by atoms with Crippen LogP contribution in [0.1, 0.15) is 22.3 Å². The molecule has 0 spiro atoms. The van der Waals surface area contributed by atoms with E-state index in [0.29, 0.717) is 18.8 Å². The molecule has 0 aliphatic rings. The number of aryl methyl sites for hydroxylation is 2. The number of halogens is 1. The molecule has 2 aromatic rings. The first-order valence-corrected chi connectivity index (χ1v) is 8.06. The maximum absolute atomic E-state index is 11.8. The van der Waals surface area contributed by atoms with Gasteiger partial charge in [-0.25, -0.2) is 4.79 Å². The van der Waals surface area contributed by atoms with Crippen LogP contribution in [0.25, 0.3) is 0 Å². The Kier molecular flexibility index (Phi) is 6.46. The van der Waals surface area contributed by atoms with Crippen LogP contribution in [0.5, 0.6) is 5.75 Å². The van der Waals surface area contributed by atoms with Gasteiger partial charge >= 0.3 is 6.03 Å². The fraction of sp³-hybridized carbons (Fsp3) is 0.278. The second-order valence-corrected chi connectivity index (χ2v) is 5.92. The molecule has 24 heavy (non-hydrogen) atoms. The van der Waals surface area contributed by atoms with Crippen molar-refractivity contribution < 1.29 is 9.53 Å². The standard InChI is InChI=1S/C18H22ClN3O2/c1-12-6-16(7-13(2)17(12)19)24-11-22-18(23)21-10-15-5-3-4-14(8-15)9-20/h3-8H,9-11,20H2,1-2H3,(H2,21,22,23). The fourth-order valence-corrected chi connectivity index (χ4v) is 2.40. The van der Waals surface area contributed by atoms with Crippen molar-refractivity contribution in [2.45, 2.75) is 26.9 Å². The molecule has 2 aromatic carbocycles. The average molecular weight is 348 g/mol. The Morgan fingerprint density at radius 3 is 2.46 bits per heavy atom. The van der Waals surface area contributed by atoms with Crippen molar-refractivity contribution in [3.8, 4) is 5.75 Å². The third kappa shape index (κ3) is 5.15. The minimum absolute atomic E-state index is 0.0786. The van der Waals surface area contributed by atoms with Crippen molar-refractivity contribution >= 4 is 17.6 Å². The van der Waals surface area contributed by atoms with E-state index < -0.39 is 0 Å². The molecular formula is C18H22ClN3O2. The largest absolute Gasteiger partial charge is 0.473 e. The number of urea groups is 1. The lowest BCUT2D eigenvalue weighted by Gasteiger charge is -2.12. The zero-order chi connectivity index (χ0) is 17.5. The highest BCUT2D eigenvalue weighted by molar-refractivity contribution is 6.32. The second kappa shape index (κ2) is 8.57. The van der Waals surface area contributed by atoms with Crippen molar-refractivity contribution in [1.29, 1.82) is 0 Å². The Labute approximate surface area is 147 Å². The van der Waals surface area contributed by atoms with E-state index in [1.54, 1.807) is 0 Å². The maximum Gasteiger partial charge on any atom is 0.317 e. The Hall–Kier alpha value is -2.24. The van der Waals surface area contributed by atoms with Crippen LogP contribution >= 0.6 is 11.6 Å². The van der Waals surface area contributed by atoms with Gasteiger partial charge in [-0.3, -0.25) is 0 Å². The molecule has 0 radical (unpaired) electrons. The van der Waals surface area contributed by atoms with E-state index in [0.717, 1.165) is 27.3 Å². The minimum atomic E-state index is -0.296. The zero-order valence-electron chi connectivity index (χ0n) is 13.9. The fourth-order valence-electron chi connectivity index (χ4n) is 2.29. The van der Waals surface area contributed by atoms with Gasteiger partial charge < -0.3 is 21.1 Å². The molecule has 0 saturated carbocycles. The molecular weight excluding hydrogens is 326 g/mol. The summed E-state index contributed by atoms with van der Waals surface area (Å²) in [5.41, 5.74) is 9.51. The van der Waals surface area contributed by atoms with Crippen LogP contribution in [0.15, 0.2) is 36.4 Å². The van der Waals surface area contributed by atoms with Gasteiger partial charge in [0.1, 0.15) is 5.75 Å². The summed E-state index contributed by atoms with van der Waals surface area (Å²) in [5, 5.41) is 6.16. The van der Waals surface area contributed by atoms with Crippen molar-refractivity contribution in [3.05, 3.63) is 63.7 Å².